The number of fused-ring (bicyclic) bond motifs is 1. The van der Waals surface area contributed by atoms with Crippen molar-refractivity contribution in [1.29, 1.82) is 0 Å². The van der Waals surface area contributed by atoms with Gasteiger partial charge in [0.2, 0.25) is 5.91 Å². The van der Waals surface area contributed by atoms with Gasteiger partial charge in [-0.2, -0.15) is 0 Å². The molecular formula is C21H21N5O2. The molecule has 0 bridgehead atoms. The molecule has 0 aliphatic carbocycles. The van der Waals surface area contributed by atoms with Crippen LogP contribution in [0.3, 0.4) is 0 Å². The van der Waals surface area contributed by atoms with Crippen molar-refractivity contribution in [1.82, 2.24) is 14.5 Å². The number of hydrogen-bond donors (Lipinski definition) is 2. The molecule has 7 nitrogen and oxygen atoms in total. The van der Waals surface area contributed by atoms with E-state index in [0.29, 0.717) is 18.7 Å². The van der Waals surface area contributed by atoms with Gasteiger partial charge in [-0.1, -0.05) is 48.5 Å². The Morgan fingerprint density at radius 2 is 1.75 bits per heavy atom. The largest absolute Gasteiger partial charge is 0.368 e. The minimum Gasteiger partial charge on any atom is -0.368 e. The summed E-state index contributed by atoms with van der Waals surface area (Å²) in [5.74, 6) is -0.527. The Hall–Kier alpha value is -3.61. The molecule has 3 N–H and O–H groups in total. The van der Waals surface area contributed by atoms with E-state index in [0.717, 1.165) is 17.0 Å². The Balaban J connectivity index is 1.57. The van der Waals surface area contributed by atoms with Crippen LogP contribution in [0.1, 0.15) is 17.0 Å². The molecule has 2 aromatic carbocycles. The van der Waals surface area contributed by atoms with Crippen molar-refractivity contribution in [3.05, 3.63) is 83.9 Å². The first kappa shape index (κ1) is 17.8. The van der Waals surface area contributed by atoms with Crippen LogP contribution in [0, 0.1) is 0 Å². The van der Waals surface area contributed by atoms with Gasteiger partial charge in [-0.05, 0) is 17.7 Å². The van der Waals surface area contributed by atoms with Gasteiger partial charge in [0.1, 0.15) is 6.04 Å². The van der Waals surface area contributed by atoms with Gasteiger partial charge >= 0.3 is 6.03 Å². The third-order valence-corrected chi connectivity index (χ3v) is 4.93. The fourth-order valence-electron chi connectivity index (χ4n) is 3.48. The second kappa shape index (κ2) is 7.56. The number of rotatable bonds is 4. The van der Waals surface area contributed by atoms with Crippen LogP contribution in [0.2, 0.25) is 0 Å². The van der Waals surface area contributed by atoms with E-state index in [2.05, 4.69) is 10.3 Å². The summed E-state index contributed by atoms with van der Waals surface area (Å²) in [6, 6.07) is 18.1. The fraction of sp³-hybridized carbons (Fsp3) is 0.190. The molecule has 1 atom stereocenters. The number of primary amides is 1. The highest BCUT2D eigenvalue weighted by Crippen LogP contribution is 2.24. The number of carbonyl (C=O) groups is 2. The number of para-hydroxylation sites is 1. The number of nitrogens with two attached hydrogens (primary N) is 1. The van der Waals surface area contributed by atoms with E-state index in [1.165, 1.54) is 4.90 Å². The summed E-state index contributed by atoms with van der Waals surface area (Å²) in [6.07, 6.45) is 2.11. The first-order chi connectivity index (χ1) is 13.6. The lowest BCUT2D eigenvalue weighted by atomic mass is 10.0. The maximum atomic E-state index is 12.8. The highest BCUT2D eigenvalue weighted by molar-refractivity contribution is 5.93. The van der Waals surface area contributed by atoms with E-state index >= 15 is 0 Å². The van der Waals surface area contributed by atoms with Crippen LogP contribution < -0.4 is 11.1 Å². The van der Waals surface area contributed by atoms with Crippen molar-refractivity contribution in [2.45, 2.75) is 25.6 Å². The van der Waals surface area contributed by atoms with Crippen LogP contribution in [0.4, 0.5) is 10.5 Å². The van der Waals surface area contributed by atoms with Crippen LogP contribution in [0.15, 0.2) is 67.0 Å². The second-order valence-corrected chi connectivity index (χ2v) is 6.80. The Kier molecular flexibility index (Phi) is 4.80. The van der Waals surface area contributed by atoms with Crippen molar-refractivity contribution in [3.8, 4) is 0 Å². The maximum absolute atomic E-state index is 12.8. The lowest BCUT2D eigenvalue weighted by Gasteiger charge is -2.33. The first-order valence-corrected chi connectivity index (χ1v) is 9.10. The van der Waals surface area contributed by atoms with Crippen molar-refractivity contribution >= 4 is 17.6 Å². The smallest absolute Gasteiger partial charge is 0.322 e. The summed E-state index contributed by atoms with van der Waals surface area (Å²) in [7, 11) is 0. The van der Waals surface area contributed by atoms with Gasteiger partial charge in [0.05, 0.1) is 18.6 Å². The molecule has 3 aromatic rings. The number of urea groups is 1. The number of hydrogen-bond acceptors (Lipinski definition) is 3. The Bertz CT molecular complexity index is 985. The summed E-state index contributed by atoms with van der Waals surface area (Å²) in [5.41, 5.74) is 9.16. The van der Waals surface area contributed by atoms with E-state index in [1.54, 1.807) is 18.5 Å². The van der Waals surface area contributed by atoms with Gasteiger partial charge < -0.3 is 20.5 Å². The molecule has 4 rings (SSSR count). The number of imidazole rings is 1. The monoisotopic (exact) mass is 375 g/mol. The van der Waals surface area contributed by atoms with Crippen molar-refractivity contribution in [2.24, 2.45) is 5.73 Å². The summed E-state index contributed by atoms with van der Waals surface area (Å²) >= 11 is 0. The minimum absolute atomic E-state index is 0.239. The average Bonchev–Trinajstić information content (AvgIpc) is 3.10. The van der Waals surface area contributed by atoms with Gasteiger partial charge in [-0.15, -0.1) is 0 Å². The molecule has 0 saturated heterocycles. The number of benzene rings is 2. The molecule has 1 unspecified atom stereocenters. The van der Waals surface area contributed by atoms with Gasteiger partial charge in [-0.25, -0.2) is 9.78 Å². The number of anilines is 1. The molecular weight excluding hydrogens is 354 g/mol. The lowest BCUT2D eigenvalue weighted by Crippen LogP contribution is -2.52. The van der Waals surface area contributed by atoms with E-state index in [4.69, 9.17) is 5.73 Å². The summed E-state index contributed by atoms with van der Waals surface area (Å²) < 4.78 is 2.02. The molecule has 7 heteroatoms. The first-order valence-electron chi connectivity index (χ1n) is 9.10. The van der Waals surface area contributed by atoms with Gasteiger partial charge in [0, 0.05) is 24.3 Å². The quantitative estimate of drug-likeness (QED) is 0.733. The Morgan fingerprint density at radius 1 is 1.07 bits per heavy atom. The molecule has 0 fully saturated rings. The SMILES string of the molecule is NC(=O)C1Cc2c(ncn2Cc2ccccc2)CN1C(=O)Nc1ccccc1. The third kappa shape index (κ3) is 3.59. The van der Waals surface area contributed by atoms with Crippen molar-refractivity contribution in [3.63, 3.8) is 0 Å². The number of aromatic nitrogens is 2. The van der Waals surface area contributed by atoms with E-state index in [9.17, 15) is 9.59 Å². The highest BCUT2D eigenvalue weighted by atomic mass is 16.2. The van der Waals surface area contributed by atoms with Crippen molar-refractivity contribution < 1.29 is 9.59 Å². The van der Waals surface area contributed by atoms with Gasteiger partial charge in [0.15, 0.2) is 0 Å². The number of amides is 3. The third-order valence-electron chi connectivity index (χ3n) is 4.93. The average molecular weight is 375 g/mol. The van der Waals surface area contributed by atoms with Crippen LogP contribution in [-0.2, 0) is 24.3 Å². The van der Waals surface area contributed by atoms with Gasteiger partial charge in [-0.3, -0.25) is 4.79 Å². The molecule has 1 aromatic heterocycles. The Labute approximate surface area is 162 Å². The normalized spacial score (nSPS) is 15.7. The molecule has 2 heterocycles. The molecule has 28 heavy (non-hydrogen) atoms. The van der Waals surface area contributed by atoms with E-state index in [1.807, 2.05) is 53.1 Å². The molecule has 1 aliphatic heterocycles. The summed E-state index contributed by atoms with van der Waals surface area (Å²) in [6.45, 7) is 0.897. The van der Waals surface area contributed by atoms with Crippen LogP contribution in [0.5, 0.6) is 0 Å². The van der Waals surface area contributed by atoms with Crippen LogP contribution >= 0.6 is 0 Å². The molecule has 1 aliphatic rings. The molecule has 142 valence electrons. The van der Waals surface area contributed by atoms with Crippen molar-refractivity contribution in [2.75, 3.05) is 5.32 Å². The lowest BCUT2D eigenvalue weighted by molar-refractivity contribution is -0.122. The maximum Gasteiger partial charge on any atom is 0.322 e. The predicted octanol–water partition coefficient (Wildman–Crippen LogP) is 2.38. The van der Waals surface area contributed by atoms with E-state index < -0.39 is 11.9 Å². The highest BCUT2D eigenvalue weighted by Gasteiger charge is 2.36. The number of nitrogens with zero attached hydrogens (tertiary/aromatic N) is 3. The topological polar surface area (TPSA) is 93.2 Å². The summed E-state index contributed by atoms with van der Waals surface area (Å²) in [4.78, 5) is 30.8. The van der Waals surface area contributed by atoms with Crippen LogP contribution in [0.25, 0.3) is 0 Å². The zero-order chi connectivity index (χ0) is 19.5. The summed E-state index contributed by atoms with van der Waals surface area (Å²) in [5, 5.41) is 2.82. The number of nitrogens with one attached hydrogen (secondary N) is 1. The second-order valence-electron chi connectivity index (χ2n) is 6.80. The minimum atomic E-state index is -0.720. The fourth-order valence-corrected chi connectivity index (χ4v) is 3.48. The van der Waals surface area contributed by atoms with Gasteiger partial charge in [0.25, 0.3) is 0 Å². The zero-order valence-corrected chi connectivity index (χ0v) is 15.3. The molecule has 0 radical (unpaired) electrons. The zero-order valence-electron chi connectivity index (χ0n) is 15.3. The number of carbonyl (C=O) groups excluding carboxylic acids is 2. The molecule has 0 spiro atoms. The standard InChI is InChI=1S/C21H21N5O2/c22-20(27)19-11-18-17(23-14-25(18)12-15-7-3-1-4-8-15)13-26(19)21(28)24-16-9-5-2-6-10-16/h1-10,14,19H,11-13H2,(H2,22,27)(H,24,28). The molecule has 0 saturated carbocycles. The Morgan fingerprint density at radius 3 is 2.43 bits per heavy atom. The van der Waals surface area contributed by atoms with E-state index in [-0.39, 0.29) is 12.6 Å². The van der Waals surface area contributed by atoms with Crippen LogP contribution in [-0.4, -0.2) is 32.4 Å². The molecule has 3 amide bonds. The predicted molar refractivity (Wildman–Crippen MR) is 105 cm³/mol.